The summed E-state index contributed by atoms with van der Waals surface area (Å²) in [5.74, 6) is 0.606. The van der Waals surface area contributed by atoms with Crippen LogP contribution in [0.3, 0.4) is 0 Å². The van der Waals surface area contributed by atoms with Crippen molar-refractivity contribution >= 4 is 21.8 Å². The number of aliphatic hydroxyl groups is 1. The van der Waals surface area contributed by atoms with E-state index in [0.29, 0.717) is 44.3 Å². The van der Waals surface area contributed by atoms with Crippen LogP contribution in [-0.2, 0) is 39.0 Å². The van der Waals surface area contributed by atoms with Gasteiger partial charge in [0.05, 0.1) is 30.3 Å². The monoisotopic (exact) mass is 784 g/mol. The highest BCUT2D eigenvalue weighted by molar-refractivity contribution is 7.89. The number of nitrogens with one attached hydrogen (secondary N) is 2. The summed E-state index contributed by atoms with van der Waals surface area (Å²) in [5.41, 5.74) is 4.62. The lowest BCUT2D eigenvalue weighted by atomic mass is 9.84. The molecule has 4 N–H and O–H groups in total. The number of carbonyl (C=O) groups is 1. The molecule has 300 valence electrons. The zero-order valence-electron chi connectivity index (χ0n) is 32.6. The quantitative estimate of drug-likeness (QED) is 0.0833. The third-order valence-corrected chi connectivity index (χ3v) is 12.9. The first kappa shape index (κ1) is 41.3. The fraction of sp³-hybridized carbons (Fsp3) is 0.432. The van der Waals surface area contributed by atoms with Crippen molar-refractivity contribution in [1.29, 1.82) is 0 Å². The van der Waals surface area contributed by atoms with E-state index in [0.717, 1.165) is 18.6 Å². The van der Waals surface area contributed by atoms with Crippen LogP contribution in [0.25, 0.3) is 0 Å². The lowest BCUT2D eigenvalue weighted by Gasteiger charge is -2.36. The topological polar surface area (TPSA) is 141 Å². The highest BCUT2D eigenvalue weighted by Gasteiger charge is 2.43. The minimum atomic E-state index is -4.13. The SMILES string of the molecule is CNc1cccc(S(=O)(=O)N(C[C@@H](O)[C@H](Cc2ccccc2)NC(=O)O)CC(C)(C)CCN(Cc2ccccc2)Cc2ccccc2[C@@H]2CO[C@H]3OCC[C@H]32)c1. The smallest absolute Gasteiger partial charge is 0.404 e. The van der Waals surface area contributed by atoms with Crippen molar-refractivity contribution in [3.05, 3.63) is 131 Å². The minimum absolute atomic E-state index is 0.0891. The Kier molecular flexibility index (Phi) is 13.8. The molecule has 2 fully saturated rings. The van der Waals surface area contributed by atoms with Crippen molar-refractivity contribution in [2.45, 2.75) is 75.4 Å². The lowest BCUT2D eigenvalue weighted by molar-refractivity contribution is -0.0905. The molecule has 1 amide bonds. The van der Waals surface area contributed by atoms with E-state index in [2.05, 4.69) is 51.9 Å². The van der Waals surface area contributed by atoms with Gasteiger partial charge in [-0.1, -0.05) is 105 Å². The van der Waals surface area contributed by atoms with Crippen LogP contribution < -0.4 is 10.6 Å². The molecule has 0 bridgehead atoms. The number of benzene rings is 4. The van der Waals surface area contributed by atoms with Crippen molar-refractivity contribution in [3.8, 4) is 0 Å². The molecule has 56 heavy (non-hydrogen) atoms. The number of amides is 1. The van der Waals surface area contributed by atoms with E-state index in [-0.39, 0.29) is 36.6 Å². The Morgan fingerprint density at radius 2 is 1.61 bits per heavy atom. The van der Waals surface area contributed by atoms with Gasteiger partial charge in [0.25, 0.3) is 0 Å². The maximum absolute atomic E-state index is 14.5. The summed E-state index contributed by atoms with van der Waals surface area (Å²) in [6.45, 7) is 7.34. The second-order valence-corrected chi connectivity index (χ2v) is 17.8. The molecule has 11 nitrogen and oxygen atoms in total. The maximum atomic E-state index is 14.5. The number of carboxylic acid groups (broad SMARTS) is 1. The number of ether oxygens (including phenoxy) is 2. The number of nitrogens with zero attached hydrogens (tertiary/aromatic N) is 2. The zero-order chi connectivity index (χ0) is 39.7. The van der Waals surface area contributed by atoms with E-state index in [1.165, 1.54) is 21.0 Å². The first-order valence-corrected chi connectivity index (χ1v) is 20.9. The Hall–Kier alpha value is -4.30. The van der Waals surface area contributed by atoms with E-state index >= 15 is 0 Å². The summed E-state index contributed by atoms with van der Waals surface area (Å²) in [6, 6.07) is 33.9. The van der Waals surface area contributed by atoms with Crippen LogP contribution in [0.2, 0.25) is 0 Å². The molecule has 0 unspecified atom stereocenters. The highest BCUT2D eigenvalue weighted by Crippen LogP contribution is 2.43. The fourth-order valence-corrected chi connectivity index (χ4v) is 9.69. The Morgan fingerprint density at radius 1 is 0.911 bits per heavy atom. The lowest BCUT2D eigenvalue weighted by Crippen LogP contribution is -2.51. The van der Waals surface area contributed by atoms with Gasteiger partial charge >= 0.3 is 6.09 Å². The van der Waals surface area contributed by atoms with Gasteiger partial charge in [-0.2, -0.15) is 4.31 Å². The van der Waals surface area contributed by atoms with Gasteiger partial charge in [-0.3, -0.25) is 4.90 Å². The Morgan fingerprint density at radius 3 is 2.32 bits per heavy atom. The first-order chi connectivity index (χ1) is 26.9. The largest absolute Gasteiger partial charge is 0.465 e. The number of fused-ring (bicyclic) bond motifs is 1. The predicted octanol–water partition coefficient (Wildman–Crippen LogP) is 6.55. The number of anilines is 1. The van der Waals surface area contributed by atoms with Crippen LogP contribution in [-0.4, -0.2) is 92.3 Å². The summed E-state index contributed by atoms with van der Waals surface area (Å²) in [7, 11) is -2.41. The van der Waals surface area contributed by atoms with E-state index in [9.17, 15) is 23.4 Å². The molecule has 2 aliphatic heterocycles. The van der Waals surface area contributed by atoms with Crippen molar-refractivity contribution in [3.63, 3.8) is 0 Å². The number of hydrogen-bond acceptors (Lipinski definition) is 8. The van der Waals surface area contributed by atoms with Crippen LogP contribution >= 0.6 is 0 Å². The van der Waals surface area contributed by atoms with Gasteiger partial charge in [0.1, 0.15) is 0 Å². The van der Waals surface area contributed by atoms with Gasteiger partial charge in [-0.25, -0.2) is 13.2 Å². The summed E-state index contributed by atoms with van der Waals surface area (Å²) in [6.07, 6.45) is -0.942. The van der Waals surface area contributed by atoms with Gasteiger partial charge < -0.3 is 30.3 Å². The molecule has 2 saturated heterocycles. The average molecular weight is 785 g/mol. The van der Waals surface area contributed by atoms with Crippen molar-refractivity contribution < 1.29 is 32.9 Å². The van der Waals surface area contributed by atoms with E-state index < -0.39 is 33.7 Å². The van der Waals surface area contributed by atoms with E-state index in [4.69, 9.17) is 9.47 Å². The first-order valence-electron chi connectivity index (χ1n) is 19.5. The molecule has 2 heterocycles. The molecule has 0 aromatic heterocycles. The van der Waals surface area contributed by atoms with Gasteiger partial charge in [0.2, 0.25) is 10.0 Å². The van der Waals surface area contributed by atoms with Crippen molar-refractivity contribution in [2.24, 2.45) is 11.3 Å². The number of hydrogen-bond donors (Lipinski definition) is 4. The fourth-order valence-electron chi connectivity index (χ4n) is 7.99. The summed E-state index contributed by atoms with van der Waals surface area (Å²) in [4.78, 5) is 14.4. The molecule has 4 aromatic carbocycles. The third-order valence-electron chi connectivity index (χ3n) is 11.1. The van der Waals surface area contributed by atoms with Gasteiger partial charge in [-0.15, -0.1) is 0 Å². The van der Waals surface area contributed by atoms with Crippen LogP contribution in [0.1, 0.15) is 54.9 Å². The van der Waals surface area contributed by atoms with E-state index in [1.54, 1.807) is 31.3 Å². The Balaban J connectivity index is 1.24. The standard InChI is InChI=1S/C44H56N4O7S/c1-44(2,22-23-47(27-33-15-8-5-9-16-33)28-34-17-10-11-20-37(34)39-30-55-42-38(39)21-24-54-42)31-48(56(52,53)36-19-12-18-35(26-36)45-3)29-41(49)40(46-43(50)51)25-32-13-6-4-7-14-32/h4-20,26,38-42,45-46,49H,21-25,27-31H2,1-3H3,(H,50,51)/t38-,39-,40-,41+,42+/m0/s1. The molecular formula is C44H56N4O7S. The highest BCUT2D eigenvalue weighted by atomic mass is 32.2. The molecule has 6 rings (SSSR count). The Bertz CT molecular complexity index is 1980. The van der Waals surface area contributed by atoms with Crippen LogP contribution in [0.5, 0.6) is 0 Å². The molecule has 4 aromatic rings. The molecule has 0 saturated carbocycles. The zero-order valence-corrected chi connectivity index (χ0v) is 33.4. The summed E-state index contributed by atoms with van der Waals surface area (Å²) in [5, 5.41) is 26.8. The van der Waals surface area contributed by atoms with E-state index in [1.807, 2.05) is 62.4 Å². The summed E-state index contributed by atoms with van der Waals surface area (Å²) < 4.78 is 42.2. The third kappa shape index (κ3) is 10.8. The van der Waals surface area contributed by atoms with Crippen molar-refractivity contribution in [2.75, 3.05) is 45.2 Å². The number of aliphatic hydroxyl groups excluding tert-OH is 1. The van der Waals surface area contributed by atoms with Crippen LogP contribution in [0.15, 0.2) is 114 Å². The molecule has 0 radical (unpaired) electrons. The second kappa shape index (κ2) is 18.8. The summed E-state index contributed by atoms with van der Waals surface area (Å²) >= 11 is 0. The predicted molar refractivity (Wildman–Crippen MR) is 218 cm³/mol. The molecular weight excluding hydrogens is 729 g/mol. The molecule has 12 heteroatoms. The molecule has 0 spiro atoms. The number of sulfonamides is 1. The van der Waals surface area contributed by atoms with Crippen LogP contribution in [0.4, 0.5) is 10.5 Å². The van der Waals surface area contributed by atoms with Gasteiger partial charge in [-0.05, 0) is 71.7 Å². The van der Waals surface area contributed by atoms with Crippen LogP contribution in [0, 0.1) is 11.3 Å². The normalized spacial score (nSPS) is 19.5. The minimum Gasteiger partial charge on any atom is -0.465 e. The molecule has 5 atom stereocenters. The number of rotatable bonds is 19. The Labute approximate surface area is 331 Å². The average Bonchev–Trinajstić information content (AvgIpc) is 3.82. The van der Waals surface area contributed by atoms with Gasteiger partial charge in [0, 0.05) is 50.7 Å². The molecule has 2 aliphatic rings. The molecule has 0 aliphatic carbocycles. The maximum Gasteiger partial charge on any atom is 0.404 e. The van der Waals surface area contributed by atoms with Gasteiger partial charge in [0.15, 0.2) is 6.29 Å². The second-order valence-electron chi connectivity index (χ2n) is 15.8. The van der Waals surface area contributed by atoms with Crippen molar-refractivity contribution in [1.82, 2.24) is 14.5 Å².